The van der Waals surface area contributed by atoms with Gasteiger partial charge in [-0.25, -0.2) is 18.1 Å². The lowest BCUT2D eigenvalue weighted by atomic mass is 10.1. The summed E-state index contributed by atoms with van der Waals surface area (Å²) in [6.45, 7) is 2.27. The Morgan fingerprint density at radius 2 is 1.73 bits per heavy atom. The summed E-state index contributed by atoms with van der Waals surface area (Å²) in [6, 6.07) is 16.7. The molecule has 1 fully saturated rings. The second-order valence-electron chi connectivity index (χ2n) is 6.55. The number of rotatable bonds is 5. The number of hydrogen-bond acceptors (Lipinski definition) is 4. The molecule has 4 rings (SSSR count). The average molecular weight is 367 g/mol. The van der Waals surface area contributed by atoms with Gasteiger partial charge in [0.15, 0.2) is 0 Å². The molecule has 1 aromatic heterocycles. The van der Waals surface area contributed by atoms with Crippen molar-refractivity contribution >= 4 is 26.6 Å². The van der Waals surface area contributed by atoms with Crippen LogP contribution in [-0.2, 0) is 16.6 Å². The molecule has 3 aromatic rings. The predicted molar refractivity (Wildman–Crippen MR) is 104 cm³/mol. The van der Waals surface area contributed by atoms with E-state index in [1.165, 1.54) is 12.8 Å². The second-order valence-corrected chi connectivity index (χ2v) is 8.32. The fourth-order valence-electron chi connectivity index (χ4n) is 3.29. The van der Waals surface area contributed by atoms with Crippen molar-refractivity contribution in [3.8, 4) is 0 Å². The Bertz CT molecular complexity index is 1030. The van der Waals surface area contributed by atoms with Crippen molar-refractivity contribution in [3.05, 3.63) is 66.4 Å². The molecule has 1 N–H and O–H groups in total. The van der Waals surface area contributed by atoms with Gasteiger partial charge >= 0.3 is 0 Å². The van der Waals surface area contributed by atoms with Crippen LogP contribution in [0.2, 0.25) is 0 Å². The lowest BCUT2D eigenvalue weighted by molar-refractivity contribution is 0.581. The molecule has 6 heteroatoms. The fourth-order valence-corrected chi connectivity index (χ4v) is 4.34. The van der Waals surface area contributed by atoms with Gasteiger partial charge in [-0.1, -0.05) is 30.3 Å². The van der Waals surface area contributed by atoms with E-state index in [1.54, 1.807) is 18.3 Å². The van der Waals surface area contributed by atoms with Crippen LogP contribution in [0.4, 0.5) is 5.82 Å². The Kier molecular flexibility index (Phi) is 4.61. The van der Waals surface area contributed by atoms with E-state index in [2.05, 4.69) is 14.6 Å². The van der Waals surface area contributed by atoms with Crippen LogP contribution in [0.25, 0.3) is 10.8 Å². The molecule has 26 heavy (non-hydrogen) atoms. The first-order valence-electron chi connectivity index (χ1n) is 8.80. The molecule has 0 atom stereocenters. The molecule has 0 radical (unpaired) electrons. The molecule has 0 bridgehead atoms. The van der Waals surface area contributed by atoms with Crippen molar-refractivity contribution < 1.29 is 8.42 Å². The van der Waals surface area contributed by atoms with Crippen LogP contribution >= 0.6 is 0 Å². The van der Waals surface area contributed by atoms with Gasteiger partial charge in [-0.15, -0.1) is 0 Å². The predicted octanol–water partition coefficient (Wildman–Crippen LogP) is 3.31. The maximum absolute atomic E-state index is 12.7. The third kappa shape index (κ3) is 3.57. The van der Waals surface area contributed by atoms with Gasteiger partial charge in [-0.2, -0.15) is 0 Å². The zero-order chi connectivity index (χ0) is 18.0. The van der Waals surface area contributed by atoms with Crippen LogP contribution < -0.4 is 9.62 Å². The average Bonchev–Trinajstić information content (AvgIpc) is 3.21. The van der Waals surface area contributed by atoms with Crippen molar-refractivity contribution in [2.24, 2.45) is 0 Å². The van der Waals surface area contributed by atoms with Crippen molar-refractivity contribution in [1.29, 1.82) is 0 Å². The minimum atomic E-state index is -3.57. The fraction of sp³-hybridized carbons (Fsp3) is 0.250. The molecule has 1 saturated heterocycles. The van der Waals surface area contributed by atoms with Gasteiger partial charge in [0.25, 0.3) is 0 Å². The standard InChI is InChI=1S/C20H21N3O2S/c24-26(25,19-8-7-17-5-1-2-6-18(17)14-19)22-15-16-9-10-21-20(13-16)23-11-3-4-12-23/h1-2,5-10,13-14,22H,3-4,11-12,15H2. The number of aromatic nitrogens is 1. The van der Waals surface area contributed by atoms with Crippen LogP contribution in [-0.4, -0.2) is 26.5 Å². The van der Waals surface area contributed by atoms with E-state index in [9.17, 15) is 8.42 Å². The first-order valence-corrected chi connectivity index (χ1v) is 10.3. The van der Waals surface area contributed by atoms with E-state index in [4.69, 9.17) is 0 Å². The normalized spacial score (nSPS) is 14.8. The van der Waals surface area contributed by atoms with E-state index in [0.717, 1.165) is 35.2 Å². The lowest BCUT2D eigenvalue weighted by Crippen LogP contribution is -2.24. The van der Waals surface area contributed by atoms with Crippen LogP contribution in [0.5, 0.6) is 0 Å². The Morgan fingerprint density at radius 1 is 0.962 bits per heavy atom. The Morgan fingerprint density at radius 3 is 2.54 bits per heavy atom. The van der Waals surface area contributed by atoms with Gasteiger partial charge in [0.1, 0.15) is 5.82 Å². The Labute approximate surface area is 153 Å². The largest absolute Gasteiger partial charge is 0.357 e. The van der Waals surface area contributed by atoms with Gasteiger partial charge in [0.05, 0.1) is 4.90 Å². The number of nitrogens with zero attached hydrogens (tertiary/aromatic N) is 2. The van der Waals surface area contributed by atoms with E-state index in [0.29, 0.717) is 0 Å². The molecule has 2 heterocycles. The lowest BCUT2D eigenvalue weighted by Gasteiger charge is -2.17. The van der Waals surface area contributed by atoms with Gasteiger partial charge in [-0.3, -0.25) is 0 Å². The maximum Gasteiger partial charge on any atom is 0.240 e. The zero-order valence-electron chi connectivity index (χ0n) is 14.4. The number of nitrogens with one attached hydrogen (secondary N) is 1. The molecule has 0 spiro atoms. The van der Waals surface area contributed by atoms with Gasteiger partial charge in [-0.05, 0) is 53.4 Å². The molecule has 0 aliphatic carbocycles. The van der Waals surface area contributed by atoms with Crippen LogP contribution in [0.15, 0.2) is 65.7 Å². The number of sulfonamides is 1. The number of anilines is 1. The highest BCUT2D eigenvalue weighted by atomic mass is 32.2. The first kappa shape index (κ1) is 17.0. The van der Waals surface area contributed by atoms with E-state index < -0.39 is 10.0 Å². The highest BCUT2D eigenvalue weighted by Gasteiger charge is 2.16. The molecule has 1 aliphatic heterocycles. The van der Waals surface area contributed by atoms with Crippen molar-refractivity contribution in [2.75, 3.05) is 18.0 Å². The third-order valence-corrected chi connectivity index (χ3v) is 6.14. The quantitative estimate of drug-likeness (QED) is 0.751. The van der Waals surface area contributed by atoms with Crippen LogP contribution in [0.3, 0.4) is 0 Å². The SMILES string of the molecule is O=S(=O)(NCc1ccnc(N2CCCC2)c1)c1ccc2ccccc2c1. The number of pyridine rings is 1. The number of hydrogen-bond donors (Lipinski definition) is 1. The summed E-state index contributed by atoms with van der Waals surface area (Å²) in [7, 11) is -3.57. The van der Waals surface area contributed by atoms with Crippen molar-refractivity contribution in [3.63, 3.8) is 0 Å². The summed E-state index contributed by atoms with van der Waals surface area (Å²) in [6.07, 6.45) is 4.11. The van der Waals surface area contributed by atoms with Crippen molar-refractivity contribution in [2.45, 2.75) is 24.3 Å². The summed E-state index contributed by atoms with van der Waals surface area (Å²) in [5.41, 5.74) is 0.909. The number of benzene rings is 2. The first-order chi connectivity index (χ1) is 12.6. The van der Waals surface area contributed by atoms with E-state index >= 15 is 0 Å². The van der Waals surface area contributed by atoms with Gasteiger partial charge < -0.3 is 4.90 Å². The summed E-state index contributed by atoms with van der Waals surface area (Å²) in [5, 5.41) is 1.94. The molecule has 5 nitrogen and oxygen atoms in total. The molecular weight excluding hydrogens is 346 g/mol. The molecule has 0 amide bonds. The smallest absolute Gasteiger partial charge is 0.240 e. The summed E-state index contributed by atoms with van der Waals surface area (Å²) in [4.78, 5) is 6.93. The Balaban J connectivity index is 1.51. The number of fused-ring (bicyclic) bond motifs is 1. The zero-order valence-corrected chi connectivity index (χ0v) is 15.2. The topological polar surface area (TPSA) is 62.3 Å². The molecular formula is C20H21N3O2S. The van der Waals surface area contributed by atoms with Crippen molar-refractivity contribution in [1.82, 2.24) is 9.71 Å². The second kappa shape index (κ2) is 7.05. The minimum absolute atomic E-state index is 0.249. The molecule has 0 unspecified atom stereocenters. The summed E-state index contributed by atoms with van der Waals surface area (Å²) < 4.78 is 28.0. The molecule has 134 valence electrons. The van der Waals surface area contributed by atoms with E-state index in [-0.39, 0.29) is 11.4 Å². The summed E-state index contributed by atoms with van der Waals surface area (Å²) in [5.74, 6) is 0.921. The van der Waals surface area contributed by atoms with Gasteiger partial charge in [0.2, 0.25) is 10.0 Å². The Hall–Kier alpha value is -2.44. The van der Waals surface area contributed by atoms with Gasteiger partial charge in [0, 0.05) is 25.8 Å². The third-order valence-electron chi connectivity index (χ3n) is 4.74. The molecule has 1 aliphatic rings. The molecule has 0 saturated carbocycles. The monoisotopic (exact) mass is 367 g/mol. The van der Waals surface area contributed by atoms with Crippen LogP contribution in [0, 0.1) is 0 Å². The van der Waals surface area contributed by atoms with E-state index in [1.807, 2.05) is 42.5 Å². The molecule has 2 aromatic carbocycles. The van der Waals surface area contributed by atoms with Crippen LogP contribution in [0.1, 0.15) is 18.4 Å². The highest BCUT2D eigenvalue weighted by molar-refractivity contribution is 7.89. The summed E-state index contributed by atoms with van der Waals surface area (Å²) >= 11 is 0. The highest BCUT2D eigenvalue weighted by Crippen LogP contribution is 2.20. The maximum atomic E-state index is 12.7. The minimum Gasteiger partial charge on any atom is -0.357 e.